The normalized spacial score (nSPS) is 11.1. The molecular formula is C9H14N4O5S. The maximum Gasteiger partial charge on any atom is 0.313 e. The minimum Gasteiger partial charge on any atom is -0.490 e. The summed E-state index contributed by atoms with van der Waals surface area (Å²) in [5, 5.41) is 10.8. The Morgan fingerprint density at radius 2 is 2.16 bits per heavy atom. The van der Waals surface area contributed by atoms with Gasteiger partial charge in [0.05, 0.1) is 17.7 Å². The minimum atomic E-state index is -3.80. The van der Waals surface area contributed by atoms with Gasteiger partial charge < -0.3 is 10.5 Å². The van der Waals surface area contributed by atoms with E-state index >= 15 is 0 Å². The zero-order chi connectivity index (χ0) is 14.5. The first-order valence-electron chi connectivity index (χ1n) is 5.19. The second kappa shape index (κ2) is 6.31. The predicted molar refractivity (Wildman–Crippen MR) is 69.2 cm³/mol. The first kappa shape index (κ1) is 15.1. The molecule has 0 fully saturated rings. The average molecular weight is 290 g/mol. The molecule has 10 heteroatoms. The molecule has 0 spiro atoms. The van der Waals surface area contributed by atoms with Crippen molar-refractivity contribution in [2.24, 2.45) is 5.73 Å². The number of nitrogens with zero attached hydrogens (tertiary/aromatic N) is 1. The van der Waals surface area contributed by atoms with Crippen LogP contribution in [0.3, 0.4) is 0 Å². The molecule has 0 aliphatic rings. The lowest BCUT2D eigenvalue weighted by Gasteiger charge is -2.09. The number of nitrogens with one attached hydrogen (secondary N) is 2. The predicted octanol–water partition coefficient (Wildman–Crippen LogP) is -0.192. The Morgan fingerprint density at radius 1 is 1.47 bits per heavy atom. The Kier molecular flexibility index (Phi) is 5.03. The molecule has 0 saturated carbocycles. The summed E-state index contributed by atoms with van der Waals surface area (Å²) < 4.78 is 32.2. The van der Waals surface area contributed by atoms with Crippen molar-refractivity contribution in [3.8, 4) is 5.75 Å². The highest BCUT2D eigenvalue weighted by Crippen LogP contribution is 2.29. The highest BCUT2D eigenvalue weighted by Gasteiger charge is 2.17. The van der Waals surface area contributed by atoms with Gasteiger partial charge in [-0.2, -0.15) is 13.1 Å². The molecule has 0 saturated heterocycles. The zero-order valence-corrected chi connectivity index (χ0v) is 10.9. The number of anilines is 1. The summed E-state index contributed by atoms with van der Waals surface area (Å²) in [6, 6.07) is 3.73. The van der Waals surface area contributed by atoms with E-state index in [1.165, 1.54) is 19.2 Å². The van der Waals surface area contributed by atoms with Crippen LogP contribution in [0.4, 0.5) is 11.4 Å². The number of nitrogens with two attached hydrogens (primary N) is 1. The molecule has 0 aliphatic heterocycles. The fourth-order valence-electron chi connectivity index (χ4n) is 1.28. The van der Waals surface area contributed by atoms with Crippen molar-refractivity contribution in [1.29, 1.82) is 0 Å². The molecule has 0 atom stereocenters. The van der Waals surface area contributed by atoms with Crippen LogP contribution in [0.2, 0.25) is 0 Å². The quantitative estimate of drug-likeness (QED) is 0.470. The molecular weight excluding hydrogens is 276 g/mol. The van der Waals surface area contributed by atoms with Gasteiger partial charge in [-0.25, -0.2) is 0 Å². The minimum absolute atomic E-state index is 0.0443. The van der Waals surface area contributed by atoms with E-state index in [0.717, 1.165) is 6.07 Å². The molecule has 1 aromatic carbocycles. The van der Waals surface area contributed by atoms with Gasteiger partial charge in [0, 0.05) is 19.2 Å². The number of hydrogen-bond donors (Lipinski definition) is 3. The van der Waals surface area contributed by atoms with Crippen LogP contribution in [0.5, 0.6) is 5.75 Å². The Balaban J connectivity index is 2.97. The number of ether oxygens (including phenoxy) is 1. The fourth-order valence-corrected chi connectivity index (χ4v) is 2.18. The van der Waals surface area contributed by atoms with Crippen LogP contribution in [0, 0.1) is 10.1 Å². The van der Waals surface area contributed by atoms with Gasteiger partial charge in [0.1, 0.15) is 0 Å². The molecule has 0 unspecified atom stereocenters. The van der Waals surface area contributed by atoms with E-state index in [-0.39, 0.29) is 30.2 Å². The van der Waals surface area contributed by atoms with Crippen LogP contribution < -0.4 is 19.9 Å². The van der Waals surface area contributed by atoms with Crippen molar-refractivity contribution in [3.63, 3.8) is 0 Å². The first-order valence-corrected chi connectivity index (χ1v) is 6.68. The van der Waals surface area contributed by atoms with Gasteiger partial charge >= 0.3 is 5.69 Å². The number of benzene rings is 1. The summed E-state index contributed by atoms with van der Waals surface area (Å²) in [6.45, 7) is 0.206. The highest BCUT2D eigenvalue weighted by atomic mass is 32.2. The number of nitro benzene ring substituents is 1. The number of nitro groups is 1. The van der Waals surface area contributed by atoms with E-state index in [0.29, 0.717) is 0 Å². The lowest BCUT2D eigenvalue weighted by Crippen LogP contribution is -2.33. The molecule has 106 valence electrons. The van der Waals surface area contributed by atoms with Crippen molar-refractivity contribution in [1.82, 2.24) is 4.72 Å². The molecule has 1 aromatic rings. The Labute approximate surface area is 110 Å². The van der Waals surface area contributed by atoms with Crippen molar-refractivity contribution in [2.75, 3.05) is 24.9 Å². The SMILES string of the molecule is COc1ccc(NS(=O)(=O)NCCN)cc1[N+](=O)[O-]. The highest BCUT2D eigenvalue weighted by molar-refractivity contribution is 7.90. The lowest BCUT2D eigenvalue weighted by atomic mass is 10.2. The van der Waals surface area contributed by atoms with Gasteiger partial charge in [0.25, 0.3) is 10.2 Å². The van der Waals surface area contributed by atoms with Crippen LogP contribution in [-0.2, 0) is 10.2 Å². The topological polar surface area (TPSA) is 137 Å². The molecule has 9 nitrogen and oxygen atoms in total. The molecule has 0 aliphatic carbocycles. The Bertz CT molecular complexity index is 560. The molecule has 19 heavy (non-hydrogen) atoms. The van der Waals surface area contributed by atoms with E-state index in [1.807, 2.05) is 0 Å². The van der Waals surface area contributed by atoms with Crippen LogP contribution >= 0.6 is 0 Å². The van der Waals surface area contributed by atoms with E-state index in [1.54, 1.807) is 0 Å². The van der Waals surface area contributed by atoms with Crippen molar-refractivity contribution in [2.45, 2.75) is 0 Å². The molecule has 0 bridgehead atoms. The van der Waals surface area contributed by atoms with Crippen molar-refractivity contribution in [3.05, 3.63) is 28.3 Å². The number of hydrogen-bond acceptors (Lipinski definition) is 6. The smallest absolute Gasteiger partial charge is 0.313 e. The number of rotatable bonds is 7. The van der Waals surface area contributed by atoms with Crippen molar-refractivity contribution >= 4 is 21.6 Å². The lowest BCUT2D eigenvalue weighted by molar-refractivity contribution is -0.385. The third-order valence-electron chi connectivity index (χ3n) is 2.06. The van der Waals surface area contributed by atoms with E-state index in [9.17, 15) is 18.5 Å². The van der Waals surface area contributed by atoms with Gasteiger partial charge in [-0.1, -0.05) is 0 Å². The van der Waals surface area contributed by atoms with Gasteiger partial charge in [0.15, 0.2) is 5.75 Å². The van der Waals surface area contributed by atoms with E-state index in [2.05, 4.69) is 9.44 Å². The van der Waals surface area contributed by atoms with Gasteiger partial charge in [-0.15, -0.1) is 0 Å². The van der Waals surface area contributed by atoms with Gasteiger partial charge in [-0.05, 0) is 12.1 Å². The largest absolute Gasteiger partial charge is 0.490 e. The van der Waals surface area contributed by atoms with Crippen LogP contribution in [0.15, 0.2) is 18.2 Å². The molecule has 0 heterocycles. The summed E-state index contributed by atoms with van der Waals surface area (Å²) in [5.41, 5.74) is 4.89. The zero-order valence-electron chi connectivity index (χ0n) is 10.1. The summed E-state index contributed by atoms with van der Waals surface area (Å²) in [4.78, 5) is 10.1. The first-order chi connectivity index (χ1) is 8.89. The van der Waals surface area contributed by atoms with Crippen LogP contribution in [-0.4, -0.2) is 33.5 Å². The maximum atomic E-state index is 11.5. The summed E-state index contributed by atoms with van der Waals surface area (Å²) >= 11 is 0. The fraction of sp³-hybridized carbons (Fsp3) is 0.333. The maximum absolute atomic E-state index is 11.5. The average Bonchev–Trinajstić information content (AvgIpc) is 2.36. The van der Waals surface area contributed by atoms with Gasteiger partial charge in [-0.3, -0.25) is 14.8 Å². The Hall–Kier alpha value is -1.91. The van der Waals surface area contributed by atoms with E-state index < -0.39 is 15.1 Å². The monoisotopic (exact) mass is 290 g/mol. The molecule has 0 amide bonds. The molecule has 0 radical (unpaired) electrons. The second-order valence-electron chi connectivity index (χ2n) is 3.43. The Morgan fingerprint density at radius 3 is 2.68 bits per heavy atom. The van der Waals surface area contributed by atoms with Crippen LogP contribution in [0.25, 0.3) is 0 Å². The molecule has 0 aromatic heterocycles. The molecule has 4 N–H and O–H groups in total. The summed E-state index contributed by atoms with van der Waals surface area (Å²) in [6.07, 6.45) is 0. The third kappa shape index (κ3) is 4.35. The van der Waals surface area contributed by atoms with Crippen molar-refractivity contribution < 1.29 is 18.1 Å². The summed E-state index contributed by atoms with van der Waals surface area (Å²) in [5.74, 6) is 0.0443. The van der Waals surface area contributed by atoms with Crippen LogP contribution in [0.1, 0.15) is 0 Å². The third-order valence-corrected chi connectivity index (χ3v) is 3.15. The standard InChI is InChI=1S/C9H14N4O5S/c1-18-9-3-2-7(6-8(9)13(14)15)12-19(16,17)11-5-4-10/h2-3,6,11-12H,4-5,10H2,1H3. The second-order valence-corrected chi connectivity index (χ2v) is 4.93. The number of methoxy groups -OCH3 is 1. The van der Waals surface area contributed by atoms with E-state index in [4.69, 9.17) is 10.5 Å². The van der Waals surface area contributed by atoms with Gasteiger partial charge in [0.2, 0.25) is 0 Å². The molecule has 1 rings (SSSR count). The summed E-state index contributed by atoms with van der Waals surface area (Å²) in [7, 11) is -2.52.